The summed E-state index contributed by atoms with van der Waals surface area (Å²) >= 11 is 0. The lowest BCUT2D eigenvalue weighted by molar-refractivity contribution is 0.371. The summed E-state index contributed by atoms with van der Waals surface area (Å²) in [5.41, 5.74) is 0. The van der Waals surface area contributed by atoms with Gasteiger partial charge < -0.3 is 4.74 Å². The molecule has 0 fully saturated rings. The standard InChI is InChI=1S/C19H36O/c1-3-4-5-6-7-8-9-10-11-12-13-14-15-16-17-18-19-20-2/h3-17H2,1-2H3. The molecule has 0 amide bonds. The van der Waals surface area contributed by atoms with Crippen molar-refractivity contribution in [3.8, 4) is 12.0 Å². The SMILES string of the molecule is CCCCCCCCCCCCCCCCC#COC. The average Bonchev–Trinajstić information content (AvgIpc) is 2.47. The molecule has 0 bridgehead atoms. The topological polar surface area (TPSA) is 9.23 Å². The van der Waals surface area contributed by atoms with E-state index in [1.54, 1.807) is 7.11 Å². The van der Waals surface area contributed by atoms with Crippen LogP contribution in [0.5, 0.6) is 0 Å². The van der Waals surface area contributed by atoms with Gasteiger partial charge in [-0.05, 0) is 6.42 Å². The van der Waals surface area contributed by atoms with Crippen molar-refractivity contribution in [2.75, 3.05) is 7.11 Å². The highest BCUT2D eigenvalue weighted by molar-refractivity contribution is 4.90. The molecule has 0 aromatic carbocycles. The molecule has 0 unspecified atom stereocenters. The van der Waals surface area contributed by atoms with E-state index in [0.29, 0.717) is 0 Å². The summed E-state index contributed by atoms with van der Waals surface area (Å²) in [6, 6.07) is 0. The molecule has 0 aromatic heterocycles. The normalized spacial score (nSPS) is 10.1. The van der Waals surface area contributed by atoms with E-state index in [0.717, 1.165) is 6.42 Å². The van der Waals surface area contributed by atoms with Gasteiger partial charge in [0.2, 0.25) is 0 Å². The molecule has 0 aromatic rings. The maximum absolute atomic E-state index is 4.70. The third-order valence-corrected chi connectivity index (χ3v) is 3.83. The van der Waals surface area contributed by atoms with Gasteiger partial charge in [0.25, 0.3) is 0 Å². The van der Waals surface area contributed by atoms with E-state index < -0.39 is 0 Å². The second-order valence-electron chi connectivity index (χ2n) is 5.83. The van der Waals surface area contributed by atoms with Crippen molar-refractivity contribution >= 4 is 0 Å². The second-order valence-corrected chi connectivity index (χ2v) is 5.83. The van der Waals surface area contributed by atoms with E-state index >= 15 is 0 Å². The Morgan fingerprint density at radius 3 is 1.40 bits per heavy atom. The van der Waals surface area contributed by atoms with Crippen LogP contribution in [-0.2, 0) is 4.74 Å². The number of hydrogen-bond donors (Lipinski definition) is 0. The molecule has 0 spiro atoms. The van der Waals surface area contributed by atoms with Gasteiger partial charge in [-0.1, -0.05) is 96.3 Å². The Balaban J connectivity index is 2.96. The summed E-state index contributed by atoms with van der Waals surface area (Å²) in [6.07, 6.45) is 23.4. The van der Waals surface area contributed by atoms with Crippen LogP contribution in [0.15, 0.2) is 0 Å². The van der Waals surface area contributed by atoms with E-state index in [1.807, 2.05) is 0 Å². The monoisotopic (exact) mass is 280 g/mol. The van der Waals surface area contributed by atoms with E-state index in [4.69, 9.17) is 4.74 Å². The lowest BCUT2D eigenvalue weighted by Gasteiger charge is -2.02. The molecule has 0 aliphatic heterocycles. The molecule has 1 nitrogen and oxygen atoms in total. The van der Waals surface area contributed by atoms with Gasteiger partial charge in [-0.15, -0.1) is 0 Å². The van der Waals surface area contributed by atoms with Crippen LogP contribution in [0.1, 0.15) is 103 Å². The van der Waals surface area contributed by atoms with Crippen molar-refractivity contribution < 1.29 is 4.74 Å². The lowest BCUT2D eigenvalue weighted by atomic mass is 10.0. The fraction of sp³-hybridized carbons (Fsp3) is 0.895. The summed E-state index contributed by atoms with van der Waals surface area (Å²) in [6.45, 7) is 2.28. The highest BCUT2D eigenvalue weighted by Crippen LogP contribution is 2.13. The molecule has 0 saturated carbocycles. The van der Waals surface area contributed by atoms with Crippen molar-refractivity contribution in [3.63, 3.8) is 0 Å². The highest BCUT2D eigenvalue weighted by Gasteiger charge is 1.93. The third-order valence-electron chi connectivity index (χ3n) is 3.83. The quantitative estimate of drug-likeness (QED) is 0.262. The van der Waals surface area contributed by atoms with Crippen LogP contribution in [0.25, 0.3) is 0 Å². The van der Waals surface area contributed by atoms with Gasteiger partial charge in [-0.25, -0.2) is 0 Å². The van der Waals surface area contributed by atoms with Gasteiger partial charge in [0.1, 0.15) is 6.11 Å². The molecule has 0 heterocycles. The summed E-state index contributed by atoms with van der Waals surface area (Å²) in [5, 5.41) is 0. The molecule has 0 N–H and O–H groups in total. The Morgan fingerprint density at radius 1 is 0.600 bits per heavy atom. The van der Waals surface area contributed by atoms with Gasteiger partial charge in [0, 0.05) is 6.42 Å². The van der Waals surface area contributed by atoms with Crippen LogP contribution < -0.4 is 0 Å². The van der Waals surface area contributed by atoms with Crippen molar-refractivity contribution in [1.82, 2.24) is 0 Å². The smallest absolute Gasteiger partial charge is 0.109 e. The number of rotatable bonds is 14. The first kappa shape index (κ1) is 19.4. The number of unbranched alkanes of at least 4 members (excludes halogenated alkanes) is 14. The van der Waals surface area contributed by atoms with E-state index in [9.17, 15) is 0 Å². The molecule has 20 heavy (non-hydrogen) atoms. The lowest BCUT2D eigenvalue weighted by Crippen LogP contribution is -1.83. The van der Waals surface area contributed by atoms with E-state index in [-0.39, 0.29) is 0 Å². The minimum Gasteiger partial charge on any atom is -0.450 e. The predicted octanol–water partition coefficient (Wildman–Crippen LogP) is 6.47. The van der Waals surface area contributed by atoms with E-state index in [2.05, 4.69) is 19.0 Å². The second kappa shape index (κ2) is 18.4. The van der Waals surface area contributed by atoms with Gasteiger partial charge in [-0.3, -0.25) is 0 Å². The van der Waals surface area contributed by atoms with Crippen LogP contribution in [-0.4, -0.2) is 7.11 Å². The van der Waals surface area contributed by atoms with E-state index in [1.165, 1.54) is 89.9 Å². The first-order chi connectivity index (χ1) is 9.91. The molecule has 118 valence electrons. The number of hydrogen-bond acceptors (Lipinski definition) is 1. The zero-order valence-corrected chi connectivity index (χ0v) is 14.0. The first-order valence-electron chi connectivity index (χ1n) is 8.92. The Kier molecular flexibility index (Phi) is 17.8. The van der Waals surface area contributed by atoms with Gasteiger partial charge >= 0.3 is 0 Å². The van der Waals surface area contributed by atoms with Crippen molar-refractivity contribution in [1.29, 1.82) is 0 Å². The fourth-order valence-corrected chi connectivity index (χ4v) is 2.53. The minimum absolute atomic E-state index is 0.992. The maximum atomic E-state index is 4.70. The highest BCUT2D eigenvalue weighted by atomic mass is 16.5. The average molecular weight is 280 g/mol. The summed E-state index contributed by atoms with van der Waals surface area (Å²) in [7, 11) is 1.62. The number of ether oxygens (including phenoxy) is 1. The fourth-order valence-electron chi connectivity index (χ4n) is 2.53. The Bertz CT molecular complexity index is 224. The molecule has 0 aliphatic carbocycles. The summed E-state index contributed by atoms with van der Waals surface area (Å²) in [4.78, 5) is 0. The van der Waals surface area contributed by atoms with Crippen LogP contribution in [0.3, 0.4) is 0 Å². The Morgan fingerprint density at radius 2 is 1.00 bits per heavy atom. The van der Waals surface area contributed by atoms with Crippen LogP contribution in [0, 0.1) is 12.0 Å². The Labute approximate surface area is 127 Å². The molecule has 0 atom stereocenters. The van der Waals surface area contributed by atoms with Crippen LogP contribution in [0.4, 0.5) is 0 Å². The zero-order valence-electron chi connectivity index (χ0n) is 14.0. The minimum atomic E-state index is 0.992. The van der Waals surface area contributed by atoms with Gasteiger partial charge in [-0.2, -0.15) is 0 Å². The summed E-state index contributed by atoms with van der Waals surface area (Å²) < 4.78 is 4.70. The first-order valence-corrected chi connectivity index (χ1v) is 8.92. The molecular weight excluding hydrogens is 244 g/mol. The van der Waals surface area contributed by atoms with Gasteiger partial charge in [0.05, 0.1) is 7.11 Å². The molecular formula is C19H36O. The predicted molar refractivity (Wildman–Crippen MR) is 89.7 cm³/mol. The summed E-state index contributed by atoms with van der Waals surface area (Å²) in [5.74, 6) is 3.01. The molecule has 0 aliphatic rings. The molecule has 0 radical (unpaired) electrons. The third kappa shape index (κ3) is 17.4. The van der Waals surface area contributed by atoms with Gasteiger partial charge in [0.15, 0.2) is 0 Å². The van der Waals surface area contributed by atoms with Crippen molar-refractivity contribution in [3.05, 3.63) is 0 Å². The van der Waals surface area contributed by atoms with Crippen molar-refractivity contribution in [2.24, 2.45) is 0 Å². The molecule has 1 heteroatoms. The van der Waals surface area contributed by atoms with Crippen LogP contribution >= 0.6 is 0 Å². The van der Waals surface area contributed by atoms with Crippen molar-refractivity contribution in [2.45, 2.75) is 103 Å². The molecule has 0 saturated heterocycles. The molecule has 0 rings (SSSR count). The zero-order chi connectivity index (χ0) is 14.7. The maximum Gasteiger partial charge on any atom is 0.109 e. The number of methoxy groups -OCH3 is 1. The largest absolute Gasteiger partial charge is 0.450 e. The Hall–Kier alpha value is -0.640. The van der Waals surface area contributed by atoms with Crippen LogP contribution in [0.2, 0.25) is 0 Å².